The highest BCUT2D eigenvalue weighted by atomic mass is 31.1. The van der Waals surface area contributed by atoms with Gasteiger partial charge in [-0.25, -0.2) is 0 Å². The van der Waals surface area contributed by atoms with Crippen LogP contribution >= 0.6 is 7.92 Å². The molecule has 1 nitrogen and oxygen atoms in total. The van der Waals surface area contributed by atoms with Crippen LogP contribution in [0, 0.1) is 6.92 Å². The first kappa shape index (κ1) is 20.5. The normalized spacial score (nSPS) is 13.2. The Morgan fingerprint density at radius 2 is 1.69 bits per heavy atom. The van der Waals surface area contributed by atoms with Gasteiger partial charge in [0.25, 0.3) is 0 Å². The SMILES string of the molecule is C=C(C)/C(C)=C(C)/C(=C/c1cc(-c2ccc(P(C)C)cc2)[nH]c1C)CC. The van der Waals surface area contributed by atoms with Crippen molar-refractivity contribution in [2.24, 2.45) is 0 Å². The third-order valence-electron chi connectivity index (χ3n) is 5.14. The van der Waals surface area contributed by atoms with E-state index in [9.17, 15) is 0 Å². The van der Waals surface area contributed by atoms with E-state index in [1.807, 2.05) is 0 Å². The zero-order chi connectivity index (χ0) is 19.4. The van der Waals surface area contributed by atoms with Gasteiger partial charge < -0.3 is 4.98 Å². The van der Waals surface area contributed by atoms with E-state index in [0.717, 1.165) is 12.0 Å². The molecule has 2 rings (SSSR count). The quantitative estimate of drug-likeness (QED) is 0.416. The van der Waals surface area contributed by atoms with Crippen molar-refractivity contribution in [3.05, 3.63) is 70.5 Å². The Balaban J connectivity index is 2.40. The summed E-state index contributed by atoms with van der Waals surface area (Å²) in [6, 6.07) is 11.2. The lowest BCUT2D eigenvalue weighted by Crippen LogP contribution is -1.97. The minimum absolute atomic E-state index is 0.0429. The molecule has 0 aliphatic carbocycles. The van der Waals surface area contributed by atoms with Gasteiger partial charge in [-0.3, -0.25) is 0 Å². The number of aromatic amines is 1. The maximum absolute atomic E-state index is 4.09. The Labute approximate surface area is 160 Å². The number of H-pyrrole nitrogens is 1. The molecule has 2 heteroatoms. The molecule has 1 aromatic heterocycles. The van der Waals surface area contributed by atoms with Crippen LogP contribution in [0.5, 0.6) is 0 Å². The largest absolute Gasteiger partial charge is 0.358 e. The van der Waals surface area contributed by atoms with Gasteiger partial charge >= 0.3 is 0 Å². The van der Waals surface area contributed by atoms with Crippen LogP contribution in [0.3, 0.4) is 0 Å². The predicted octanol–water partition coefficient (Wildman–Crippen LogP) is 7.06. The Bertz CT molecular complexity index is 845. The van der Waals surface area contributed by atoms with Gasteiger partial charge in [0.2, 0.25) is 0 Å². The van der Waals surface area contributed by atoms with Gasteiger partial charge in [0.15, 0.2) is 0 Å². The van der Waals surface area contributed by atoms with Crippen molar-refractivity contribution in [2.75, 3.05) is 13.3 Å². The van der Waals surface area contributed by atoms with E-state index in [1.54, 1.807) is 0 Å². The maximum Gasteiger partial charge on any atom is 0.0462 e. The zero-order valence-corrected chi connectivity index (χ0v) is 18.2. The predicted molar refractivity (Wildman–Crippen MR) is 121 cm³/mol. The summed E-state index contributed by atoms with van der Waals surface area (Å²) < 4.78 is 0. The molecule has 0 aliphatic rings. The minimum Gasteiger partial charge on any atom is -0.358 e. The lowest BCUT2D eigenvalue weighted by Gasteiger charge is -2.11. The van der Waals surface area contributed by atoms with Gasteiger partial charge in [-0.15, -0.1) is 0 Å². The number of hydrogen-bond donors (Lipinski definition) is 1. The highest BCUT2D eigenvalue weighted by Gasteiger charge is 2.09. The number of rotatable bonds is 6. The molecule has 2 aromatic rings. The number of nitrogens with one attached hydrogen (secondary N) is 1. The van der Waals surface area contributed by atoms with E-state index in [1.165, 1.54) is 44.5 Å². The van der Waals surface area contributed by atoms with Crippen molar-refractivity contribution in [1.29, 1.82) is 0 Å². The summed E-state index contributed by atoms with van der Waals surface area (Å²) in [4.78, 5) is 3.56. The van der Waals surface area contributed by atoms with Crippen LogP contribution in [0.1, 0.15) is 45.4 Å². The molecular weight excluding hydrogens is 333 g/mol. The molecule has 0 bridgehead atoms. The van der Waals surface area contributed by atoms with Crippen LogP contribution < -0.4 is 5.30 Å². The van der Waals surface area contributed by atoms with E-state index in [-0.39, 0.29) is 7.92 Å². The fourth-order valence-electron chi connectivity index (χ4n) is 3.04. The molecule has 26 heavy (non-hydrogen) atoms. The van der Waals surface area contributed by atoms with Gasteiger partial charge in [-0.2, -0.15) is 0 Å². The van der Waals surface area contributed by atoms with Crippen LogP contribution in [0.25, 0.3) is 17.3 Å². The van der Waals surface area contributed by atoms with Crippen LogP contribution in [0.15, 0.2) is 59.2 Å². The number of aryl methyl sites for hydroxylation is 1. The number of allylic oxidation sites excluding steroid dienone is 4. The fraction of sp³-hybridized carbons (Fsp3) is 0.333. The van der Waals surface area contributed by atoms with Crippen molar-refractivity contribution < 1.29 is 0 Å². The first-order chi connectivity index (χ1) is 12.2. The van der Waals surface area contributed by atoms with Crippen LogP contribution in [-0.2, 0) is 0 Å². The molecule has 1 heterocycles. The monoisotopic (exact) mass is 365 g/mol. The number of aromatic nitrogens is 1. The van der Waals surface area contributed by atoms with E-state index >= 15 is 0 Å². The average Bonchev–Trinajstić information content (AvgIpc) is 2.98. The van der Waals surface area contributed by atoms with Crippen molar-refractivity contribution in [3.8, 4) is 11.3 Å². The Kier molecular flexibility index (Phi) is 6.84. The molecule has 0 saturated heterocycles. The maximum atomic E-state index is 4.09. The third-order valence-corrected chi connectivity index (χ3v) is 6.48. The van der Waals surface area contributed by atoms with Crippen molar-refractivity contribution >= 4 is 19.3 Å². The van der Waals surface area contributed by atoms with E-state index < -0.39 is 0 Å². The van der Waals surface area contributed by atoms with E-state index in [0.29, 0.717) is 0 Å². The summed E-state index contributed by atoms with van der Waals surface area (Å²) in [6.07, 6.45) is 3.34. The van der Waals surface area contributed by atoms with Gasteiger partial charge in [0.1, 0.15) is 0 Å². The van der Waals surface area contributed by atoms with E-state index in [2.05, 4.69) is 95.9 Å². The van der Waals surface area contributed by atoms with Gasteiger partial charge in [-0.1, -0.05) is 51.3 Å². The lowest BCUT2D eigenvalue weighted by atomic mass is 9.95. The second-order valence-electron chi connectivity index (χ2n) is 7.26. The minimum atomic E-state index is -0.0429. The summed E-state index contributed by atoms with van der Waals surface area (Å²) in [5.41, 5.74) is 10.1. The molecule has 0 atom stereocenters. The molecule has 0 saturated carbocycles. The first-order valence-electron chi connectivity index (χ1n) is 9.26. The summed E-state index contributed by atoms with van der Waals surface area (Å²) in [6.45, 7) is 19.5. The highest BCUT2D eigenvalue weighted by molar-refractivity contribution is 7.64. The summed E-state index contributed by atoms with van der Waals surface area (Å²) in [7, 11) is -0.0429. The van der Waals surface area contributed by atoms with Crippen molar-refractivity contribution in [3.63, 3.8) is 0 Å². The Hall–Kier alpha value is -1.85. The number of benzene rings is 1. The molecule has 0 spiro atoms. The van der Waals surface area contributed by atoms with Crippen LogP contribution in [0.2, 0.25) is 0 Å². The standard InChI is InChI=1S/C24H32NP/c1-9-20(18(5)17(4)16(2)3)14-22-15-24(25-19(22)6)21-10-12-23(13-11-21)26(7)8/h10-15,25H,2,9H2,1,3-8H3/b18-17+,20-14+. The molecular formula is C24H32NP. The summed E-state index contributed by atoms with van der Waals surface area (Å²) in [5, 5.41) is 1.44. The highest BCUT2D eigenvalue weighted by Crippen LogP contribution is 2.29. The molecule has 1 N–H and O–H groups in total. The number of hydrogen-bond acceptors (Lipinski definition) is 0. The Morgan fingerprint density at radius 3 is 2.19 bits per heavy atom. The van der Waals surface area contributed by atoms with Gasteiger partial charge in [0, 0.05) is 11.4 Å². The Morgan fingerprint density at radius 1 is 1.08 bits per heavy atom. The molecule has 1 aromatic carbocycles. The van der Waals surface area contributed by atoms with Crippen LogP contribution in [0.4, 0.5) is 0 Å². The zero-order valence-electron chi connectivity index (χ0n) is 17.3. The van der Waals surface area contributed by atoms with Gasteiger partial charge in [-0.05, 0) is 92.7 Å². The second-order valence-corrected chi connectivity index (χ2v) is 9.56. The summed E-state index contributed by atoms with van der Waals surface area (Å²) >= 11 is 0. The molecule has 0 unspecified atom stereocenters. The topological polar surface area (TPSA) is 15.8 Å². The molecule has 138 valence electrons. The molecule has 0 fully saturated rings. The summed E-state index contributed by atoms with van der Waals surface area (Å²) in [5.74, 6) is 0. The third kappa shape index (κ3) is 4.65. The van der Waals surface area contributed by atoms with Crippen molar-refractivity contribution in [2.45, 2.75) is 41.0 Å². The van der Waals surface area contributed by atoms with Gasteiger partial charge in [0.05, 0.1) is 0 Å². The molecule has 0 aliphatic heterocycles. The fourth-order valence-corrected chi connectivity index (χ4v) is 3.79. The smallest absolute Gasteiger partial charge is 0.0462 e. The lowest BCUT2D eigenvalue weighted by molar-refractivity contribution is 1.09. The first-order valence-corrected chi connectivity index (χ1v) is 11.5. The molecule has 0 radical (unpaired) electrons. The van der Waals surface area contributed by atoms with Crippen molar-refractivity contribution in [1.82, 2.24) is 4.98 Å². The average molecular weight is 366 g/mol. The molecule has 0 amide bonds. The second kappa shape index (κ2) is 8.69. The van der Waals surface area contributed by atoms with E-state index in [4.69, 9.17) is 0 Å². The van der Waals surface area contributed by atoms with Crippen LogP contribution in [-0.4, -0.2) is 18.3 Å².